The molecule has 0 fully saturated rings. The number of sulfone groups is 1. The maximum absolute atomic E-state index is 11.7. The highest BCUT2D eigenvalue weighted by Gasteiger charge is 2.26. The highest BCUT2D eigenvalue weighted by atomic mass is 32.2. The van der Waals surface area contributed by atoms with Crippen molar-refractivity contribution in [3.63, 3.8) is 0 Å². The Morgan fingerprint density at radius 1 is 1.29 bits per heavy atom. The van der Waals surface area contributed by atoms with Crippen LogP contribution >= 0.6 is 0 Å². The number of aromatic nitrogens is 2. The lowest BCUT2D eigenvalue weighted by atomic mass is 10.1. The lowest BCUT2D eigenvalue weighted by Crippen LogP contribution is -2.06. The number of hydrogen-bond acceptors (Lipinski definition) is 5. The minimum Gasteiger partial charge on any atom is -0.497 e. The molecule has 0 spiro atoms. The van der Waals surface area contributed by atoms with Crippen molar-refractivity contribution in [2.45, 2.75) is 5.16 Å². The first-order valence-corrected chi connectivity index (χ1v) is 7.79. The topological polar surface area (TPSA) is 98.5 Å². The summed E-state index contributed by atoms with van der Waals surface area (Å²) in [6, 6.07) is 6.62. The average molecular weight is 310 g/mol. The number of carboxylic acids is 1. The number of nitrogens with zero attached hydrogens (tertiary/aromatic N) is 2. The van der Waals surface area contributed by atoms with Crippen LogP contribution in [0.25, 0.3) is 11.3 Å². The molecular weight excluding hydrogens is 296 g/mol. The van der Waals surface area contributed by atoms with E-state index in [1.54, 1.807) is 24.3 Å². The zero-order valence-corrected chi connectivity index (χ0v) is 12.5. The number of imidazole rings is 1. The molecule has 0 bridgehead atoms. The quantitative estimate of drug-likeness (QED) is 0.911. The van der Waals surface area contributed by atoms with Gasteiger partial charge in [-0.1, -0.05) is 0 Å². The number of benzene rings is 1. The summed E-state index contributed by atoms with van der Waals surface area (Å²) < 4.78 is 29.7. The first-order valence-electron chi connectivity index (χ1n) is 5.90. The minimum absolute atomic E-state index is 0.227. The van der Waals surface area contributed by atoms with E-state index >= 15 is 0 Å². The molecule has 0 radical (unpaired) electrons. The third-order valence-corrected chi connectivity index (χ3v) is 3.98. The Morgan fingerprint density at radius 3 is 2.29 bits per heavy atom. The van der Waals surface area contributed by atoms with Crippen LogP contribution < -0.4 is 4.74 Å². The molecule has 7 nitrogen and oxygen atoms in total. The summed E-state index contributed by atoms with van der Waals surface area (Å²) in [5.74, 6) is -0.674. The van der Waals surface area contributed by atoms with Crippen LogP contribution in [0.2, 0.25) is 0 Å². The fraction of sp³-hybridized carbons (Fsp3) is 0.231. The Labute approximate surface area is 121 Å². The van der Waals surface area contributed by atoms with Crippen LogP contribution in [0.3, 0.4) is 0 Å². The normalized spacial score (nSPS) is 11.4. The smallest absolute Gasteiger partial charge is 0.356 e. The molecule has 112 valence electrons. The van der Waals surface area contributed by atoms with Gasteiger partial charge in [0.1, 0.15) is 5.75 Å². The Hall–Kier alpha value is -2.35. The van der Waals surface area contributed by atoms with Gasteiger partial charge in [-0.25, -0.2) is 18.2 Å². The fourth-order valence-corrected chi connectivity index (χ4v) is 2.88. The van der Waals surface area contributed by atoms with E-state index in [0.717, 1.165) is 6.26 Å². The fourth-order valence-electron chi connectivity index (χ4n) is 2.04. The van der Waals surface area contributed by atoms with Crippen molar-refractivity contribution in [2.75, 3.05) is 13.4 Å². The van der Waals surface area contributed by atoms with E-state index in [1.165, 1.54) is 18.7 Å². The van der Waals surface area contributed by atoms with Gasteiger partial charge in [-0.15, -0.1) is 0 Å². The van der Waals surface area contributed by atoms with Gasteiger partial charge in [0.25, 0.3) is 0 Å². The van der Waals surface area contributed by atoms with Crippen molar-refractivity contribution in [3.05, 3.63) is 30.0 Å². The summed E-state index contributed by atoms with van der Waals surface area (Å²) in [4.78, 5) is 15.1. The van der Waals surface area contributed by atoms with E-state index < -0.39 is 15.8 Å². The molecule has 2 aromatic rings. The lowest BCUT2D eigenvalue weighted by Gasteiger charge is -2.07. The second-order valence-corrected chi connectivity index (χ2v) is 6.37. The van der Waals surface area contributed by atoms with E-state index in [9.17, 15) is 18.3 Å². The maximum atomic E-state index is 11.7. The highest BCUT2D eigenvalue weighted by Crippen LogP contribution is 2.28. The van der Waals surface area contributed by atoms with Crippen molar-refractivity contribution in [3.8, 4) is 17.0 Å². The van der Waals surface area contributed by atoms with E-state index in [4.69, 9.17) is 4.74 Å². The molecule has 2 rings (SSSR count). The second kappa shape index (κ2) is 5.21. The van der Waals surface area contributed by atoms with E-state index in [-0.39, 0.29) is 16.5 Å². The highest BCUT2D eigenvalue weighted by molar-refractivity contribution is 7.90. The van der Waals surface area contributed by atoms with Gasteiger partial charge in [-0.3, -0.25) is 0 Å². The van der Waals surface area contributed by atoms with Crippen LogP contribution in [0.1, 0.15) is 10.5 Å². The summed E-state index contributed by atoms with van der Waals surface area (Å²) in [6.07, 6.45) is 0.985. The molecule has 1 heterocycles. The molecule has 0 aliphatic heterocycles. The molecule has 0 saturated heterocycles. The van der Waals surface area contributed by atoms with Crippen molar-refractivity contribution in [1.29, 1.82) is 0 Å². The third kappa shape index (κ3) is 2.75. The number of ether oxygens (including phenoxy) is 1. The summed E-state index contributed by atoms with van der Waals surface area (Å²) in [6.45, 7) is 0. The average Bonchev–Trinajstić information content (AvgIpc) is 2.76. The molecule has 0 aliphatic rings. The zero-order chi connectivity index (χ0) is 15.8. The molecule has 21 heavy (non-hydrogen) atoms. The molecule has 0 atom stereocenters. The molecule has 0 aliphatic carbocycles. The SMILES string of the molecule is COc1ccc(-c2c(C(=O)O)nc(S(C)(=O)=O)n2C)cc1. The van der Waals surface area contributed by atoms with Gasteiger partial charge in [0, 0.05) is 18.9 Å². The molecule has 0 amide bonds. The number of hydrogen-bond donors (Lipinski definition) is 1. The van der Waals surface area contributed by atoms with Gasteiger partial charge in [0.05, 0.1) is 12.8 Å². The summed E-state index contributed by atoms with van der Waals surface area (Å²) in [5, 5.41) is 8.95. The second-order valence-electron chi connectivity index (χ2n) is 4.46. The van der Waals surface area contributed by atoms with Crippen LogP contribution in [0.4, 0.5) is 0 Å². The summed E-state index contributed by atoms with van der Waals surface area (Å²) in [7, 11) is -0.641. The molecule has 0 saturated carbocycles. The summed E-state index contributed by atoms with van der Waals surface area (Å²) >= 11 is 0. The molecular formula is C13H14N2O5S. The Balaban J connectivity index is 2.71. The Morgan fingerprint density at radius 2 is 1.86 bits per heavy atom. The van der Waals surface area contributed by atoms with Gasteiger partial charge < -0.3 is 14.4 Å². The standard InChI is InChI=1S/C13H14N2O5S/c1-15-11(8-4-6-9(20-2)7-5-8)10(12(16)17)14-13(15)21(3,18)19/h4-7H,1-3H3,(H,16,17). The molecule has 0 unspecified atom stereocenters. The molecule has 1 aromatic carbocycles. The monoisotopic (exact) mass is 310 g/mol. The Kier molecular flexibility index (Phi) is 3.73. The third-order valence-electron chi connectivity index (χ3n) is 2.95. The maximum Gasteiger partial charge on any atom is 0.356 e. The number of carboxylic acid groups (broad SMARTS) is 1. The van der Waals surface area contributed by atoms with Crippen molar-refractivity contribution >= 4 is 15.8 Å². The van der Waals surface area contributed by atoms with Gasteiger partial charge in [0.2, 0.25) is 15.0 Å². The van der Waals surface area contributed by atoms with Gasteiger partial charge in [0.15, 0.2) is 5.69 Å². The number of carbonyl (C=O) groups is 1. The van der Waals surface area contributed by atoms with Crippen molar-refractivity contribution < 1.29 is 23.1 Å². The summed E-state index contributed by atoms with van der Waals surface area (Å²) in [5.41, 5.74) is 0.465. The van der Waals surface area contributed by atoms with Gasteiger partial charge in [-0.05, 0) is 24.3 Å². The van der Waals surface area contributed by atoms with E-state index in [0.29, 0.717) is 11.3 Å². The van der Waals surface area contributed by atoms with E-state index in [2.05, 4.69) is 4.98 Å². The van der Waals surface area contributed by atoms with Crippen molar-refractivity contribution in [2.24, 2.45) is 7.05 Å². The first kappa shape index (κ1) is 15.0. The molecule has 1 aromatic heterocycles. The van der Waals surface area contributed by atoms with Crippen molar-refractivity contribution in [1.82, 2.24) is 9.55 Å². The molecule has 8 heteroatoms. The van der Waals surface area contributed by atoms with Crippen LogP contribution in [0, 0.1) is 0 Å². The minimum atomic E-state index is -3.63. The van der Waals surface area contributed by atoms with Gasteiger partial charge in [-0.2, -0.15) is 0 Å². The predicted molar refractivity (Wildman–Crippen MR) is 75.3 cm³/mol. The first-order chi connectivity index (χ1) is 9.75. The number of methoxy groups -OCH3 is 1. The predicted octanol–water partition coefficient (Wildman–Crippen LogP) is 1.20. The number of aromatic carboxylic acids is 1. The molecule has 1 N–H and O–H groups in total. The lowest BCUT2D eigenvalue weighted by molar-refractivity contribution is 0.0691. The zero-order valence-electron chi connectivity index (χ0n) is 11.7. The Bertz CT molecular complexity index is 791. The van der Waals surface area contributed by atoms with Crippen LogP contribution in [-0.2, 0) is 16.9 Å². The largest absolute Gasteiger partial charge is 0.497 e. The number of rotatable bonds is 4. The van der Waals surface area contributed by atoms with Crippen LogP contribution in [0.5, 0.6) is 5.75 Å². The van der Waals surface area contributed by atoms with Crippen LogP contribution in [0.15, 0.2) is 29.4 Å². The van der Waals surface area contributed by atoms with Gasteiger partial charge >= 0.3 is 5.97 Å². The van der Waals surface area contributed by atoms with Crippen LogP contribution in [-0.4, -0.2) is 42.4 Å². The van der Waals surface area contributed by atoms with E-state index in [1.807, 2.05) is 0 Å².